The molecular formula is C15H21NO3S. The molecule has 0 spiro atoms. The van der Waals surface area contributed by atoms with Crippen LogP contribution < -0.4 is 5.32 Å². The average Bonchev–Trinajstić information content (AvgIpc) is 2.71. The lowest BCUT2D eigenvalue weighted by atomic mass is 10.1. The molecule has 1 saturated heterocycles. The molecule has 1 fully saturated rings. The first kappa shape index (κ1) is 15.0. The predicted octanol–water partition coefficient (Wildman–Crippen LogP) is 1.62. The first-order chi connectivity index (χ1) is 9.44. The maximum absolute atomic E-state index is 11.7. The van der Waals surface area contributed by atoms with E-state index < -0.39 is 9.84 Å². The van der Waals surface area contributed by atoms with Gasteiger partial charge in [-0.1, -0.05) is 29.8 Å². The van der Waals surface area contributed by atoms with Crippen molar-refractivity contribution in [2.45, 2.75) is 38.6 Å². The molecule has 1 amide bonds. The minimum Gasteiger partial charge on any atom is -0.352 e. The SMILES string of the molecule is Cc1ccc(CCCC(=O)N[C@@H]2CCS(=O)(=O)C2)cc1. The number of sulfone groups is 1. The van der Waals surface area contributed by atoms with Gasteiger partial charge in [-0.15, -0.1) is 0 Å². The number of aryl methyl sites for hydroxylation is 2. The minimum atomic E-state index is -2.92. The molecule has 2 rings (SSSR count). The van der Waals surface area contributed by atoms with E-state index in [1.165, 1.54) is 11.1 Å². The summed E-state index contributed by atoms with van der Waals surface area (Å²) in [5.74, 6) is 0.247. The third-order valence-electron chi connectivity index (χ3n) is 3.59. The zero-order chi connectivity index (χ0) is 14.6. The Morgan fingerprint density at radius 3 is 2.60 bits per heavy atom. The van der Waals surface area contributed by atoms with Crippen LogP contribution in [0.1, 0.15) is 30.4 Å². The van der Waals surface area contributed by atoms with Gasteiger partial charge in [0.25, 0.3) is 0 Å². The van der Waals surface area contributed by atoms with Gasteiger partial charge in [0.1, 0.15) is 0 Å². The van der Waals surface area contributed by atoms with Crippen LogP contribution in [0.25, 0.3) is 0 Å². The van der Waals surface area contributed by atoms with Gasteiger partial charge >= 0.3 is 0 Å². The van der Waals surface area contributed by atoms with Crippen molar-refractivity contribution in [3.63, 3.8) is 0 Å². The van der Waals surface area contributed by atoms with Gasteiger partial charge < -0.3 is 5.32 Å². The molecule has 0 unspecified atom stereocenters. The number of carbonyl (C=O) groups is 1. The van der Waals surface area contributed by atoms with E-state index in [2.05, 4.69) is 29.6 Å². The molecule has 1 N–H and O–H groups in total. The molecule has 1 aromatic rings. The number of carbonyl (C=O) groups excluding carboxylic acids is 1. The zero-order valence-electron chi connectivity index (χ0n) is 11.8. The predicted molar refractivity (Wildman–Crippen MR) is 79.3 cm³/mol. The maximum Gasteiger partial charge on any atom is 0.220 e. The molecule has 0 aromatic heterocycles. The van der Waals surface area contributed by atoms with Crippen LogP contribution in [-0.2, 0) is 21.1 Å². The van der Waals surface area contributed by atoms with Crippen LogP contribution in [0.4, 0.5) is 0 Å². The summed E-state index contributed by atoms with van der Waals surface area (Å²) in [5.41, 5.74) is 2.46. The summed E-state index contributed by atoms with van der Waals surface area (Å²) in [7, 11) is -2.92. The highest BCUT2D eigenvalue weighted by Gasteiger charge is 2.28. The molecule has 1 aromatic carbocycles. The van der Waals surface area contributed by atoms with E-state index in [0.29, 0.717) is 12.8 Å². The van der Waals surface area contributed by atoms with Crippen LogP contribution >= 0.6 is 0 Å². The minimum absolute atomic E-state index is 0.0424. The molecule has 0 bridgehead atoms. The van der Waals surface area contributed by atoms with Crippen molar-refractivity contribution in [2.24, 2.45) is 0 Å². The van der Waals surface area contributed by atoms with E-state index in [1.807, 2.05) is 6.92 Å². The number of benzene rings is 1. The van der Waals surface area contributed by atoms with Gasteiger partial charge in [-0.3, -0.25) is 4.79 Å². The second-order valence-electron chi connectivity index (χ2n) is 5.51. The van der Waals surface area contributed by atoms with Crippen molar-refractivity contribution in [1.29, 1.82) is 0 Å². The lowest BCUT2D eigenvalue weighted by Crippen LogP contribution is -2.35. The molecular weight excluding hydrogens is 274 g/mol. The van der Waals surface area contributed by atoms with Crippen LogP contribution in [0.5, 0.6) is 0 Å². The molecule has 4 nitrogen and oxygen atoms in total. The third-order valence-corrected chi connectivity index (χ3v) is 5.36. The Bertz CT molecular complexity index is 563. The monoisotopic (exact) mass is 295 g/mol. The Hall–Kier alpha value is -1.36. The summed E-state index contributed by atoms with van der Waals surface area (Å²) >= 11 is 0. The highest BCUT2D eigenvalue weighted by atomic mass is 32.2. The summed E-state index contributed by atoms with van der Waals surface area (Å²) in [4.78, 5) is 11.7. The number of hydrogen-bond acceptors (Lipinski definition) is 3. The van der Waals surface area contributed by atoms with Crippen molar-refractivity contribution < 1.29 is 13.2 Å². The molecule has 110 valence electrons. The molecule has 1 aliphatic rings. The van der Waals surface area contributed by atoms with Crippen LogP contribution in [0.3, 0.4) is 0 Å². The van der Waals surface area contributed by atoms with Gasteiger partial charge in [-0.05, 0) is 31.7 Å². The number of amides is 1. The van der Waals surface area contributed by atoms with Gasteiger partial charge in [0.05, 0.1) is 11.5 Å². The van der Waals surface area contributed by atoms with Gasteiger partial charge in [-0.2, -0.15) is 0 Å². The number of nitrogens with one attached hydrogen (secondary N) is 1. The molecule has 0 saturated carbocycles. The van der Waals surface area contributed by atoms with E-state index >= 15 is 0 Å². The van der Waals surface area contributed by atoms with Gasteiger partial charge in [0.2, 0.25) is 5.91 Å². The van der Waals surface area contributed by atoms with Crippen LogP contribution in [-0.4, -0.2) is 31.9 Å². The Morgan fingerprint density at radius 1 is 1.30 bits per heavy atom. The Morgan fingerprint density at radius 2 is 2.00 bits per heavy atom. The van der Waals surface area contributed by atoms with Crippen LogP contribution in [0, 0.1) is 6.92 Å². The molecule has 0 radical (unpaired) electrons. The first-order valence-corrected chi connectivity index (χ1v) is 8.82. The van der Waals surface area contributed by atoms with E-state index in [4.69, 9.17) is 0 Å². The lowest BCUT2D eigenvalue weighted by molar-refractivity contribution is -0.121. The Kier molecular flexibility index (Phi) is 4.81. The number of rotatable bonds is 5. The second kappa shape index (κ2) is 6.39. The molecule has 1 atom stereocenters. The molecule has 1 heterocycles. The quantitative estimate of drug-likeness (QED) is 0.898. The summed E-state index contributed by atoms with van der Waals surface area (Å²) in [6.45, 7) is 2.05. The third kappa shape index (κ3) is 4.63. The van der Waals surface area contributed by atoms with Gasteiger partial charge in [0.15, 0.2) is 9.84 Å². The fraction of sp³-hybridized carbons (Fsp3) is 0.533. The standard InChI is InChI=1S/C15H21NO3S/c1-12-5-7-13(8-6-12)3-2-4-15(17)16-14-9-10-20(18,19)11-14/h5-8,14H,2-4,9-11H2,1H3,(H,16,17)/t14-/m1/s1. The Balaban J connectivity index is 1.69. The topological polar surface area (TPSA) is 63.2 Å². The van der Waals surface area contributed by atoms with Crippen LogP contribution in [0.2, 0.25) is 0 Å². The molecule has 20 heavy (non-hydrogen) atoms. The number of hydrogen-bond donors (Lipinski definition) is 1. The maximum atomic E-state index is 11.7. The normalized spacial score (nSPS) is 20.8. The van der Waals surface area contributed by atoms with Crippen molar-refractivity contribution in [2.75, 3.05) is 11.5 Å². The van der Waals surface area contributed by atoms with E-state index in [-0.39, 0.29) is 23.5 Å². The molecule has 0 aliphatic carbocycles. The van der Waals surface area contributed by atoms with Crippen molar-refractivity contribution in [3.05, 3.63) is 35.4 Å². The fourth-order valence-corrected chi connectivity index (χ4v) is 4.09. The first-order valence-electron chi connectivity index (χ1n) is 7.00. The summed E-state index contributed by atoms with van der Waals surface area (Å²) in [6.07, 6.45) is 2.65. The molecule has 5 heteroatoms. The molecule has 1 aliphatic heterocycles. The smallest absolute Gasteiger partial charge is 0.220 e. The van der Waals surface area contributed by atoms with E-state index in [9.17, 15) is 13.2 Å². The van der Waals surface area contributed by atoms with Crippen molar-refractivity contribution in [3.8, 4) is 0 Å². The zero-order valence-corrected chi connectivity index (χ0v) is 12.6. The van der Waals surface area contributed by atoms with Crippen molar-refractivity contribution in [1.82, 2.24) is 5.32 Å². The summed E-state index contributed by atoms with van der Waals surface area (Å²) in [6, 6.07) is 8.11. The average molecular weight is 295 g/mol. The van der Waals surface area contributed by atoms with Crippen molar-refractivity contribution >= 4 is 15.7 Å². The lowest BCUT2D eigenvalue weighted by Gasteiger charge is -2.10. The largest absolute Gasteiger partial charge is 0.352 e. The van der Waals surface area contributed by atoms with E-state index in [1.54, 1.807) is 0 Å². The highest BCUT2D eigenvalue weighted by molar-refractivity contribution is 7.91. The second-order valence-corrected chi connectivity index (χ2v) is 7.74. The van der Waals surface area contributed by atoms with Gasteiger partial charge in [0, 0.05) is 12.5 Å². The fourth-order valence-electron chi connectivity index (χ4n) is 2.42. The summed E-state index contributed by atoms with van der Waals surface area (Å²) < 4.78 is 22.6. The van der Waals surface area contributed by atoms with Gasteiger partial charge in [-0.25, -0.2) is 8.42 Å². The van der Waals surface area contributed by atoms with Crippen LogP contribution in [0.15, 0.2) is 24.3 Å². The highest BCUT2D eigenvalue weighted by Crippen LogP contribution is 2.12. The summed E-state index contributed by atoms with van der Waals surface area (Å²) in [5, 5.41) is 2.81. The van der Waals surface area contributed by atoms with E-state index in [0.717, 1.165) is 12.8 Å². The Labute approximate surface area is 120 Å².